The van der Waals surface area contributed by atoms with Crippen molar-refractivity contribution in [1.29, 1.82) is 0 Å². The highest BCUT2D eigenvalue weighted by atomic mass is 16.2. The number of aryl methyl sites for hydroxylation is 1. The van der Waals surface area contributed by atoms with Gasteiger partial charge in [0.25, 0.3) is 11.8 Å². The van der Waals surface area contributed by atoms with Crippen molar-refractivity contribution >= 4 is 35.3 Å². The number of amides is 5. The van der Waals surface area contributed by atoms with Crippen LogP contribution < -0.4 is 26.8 Å². The average Bonchev–Trinajstić information content (AvgIpc) is 3.85. The van der Waals surface area contributed by atoms with Gasteiger partial charge in [-0.3, -0.25) is 38.5 Å². The van der Waals surface area contributed by atoms with Crippen molar-refractivity contribution in [2.75, 3.05) is 13.1 Å². The van der Waals surface area contributed by atoms with Gasteiger partial charge in [0.05, 0.1) is 12.7 Å². The molecule has 3 heterocycles. The fourth-order valence-electron chi connectivity index (χ4n) is 6.37. The molecule has 2 aromatic rings. The summed E-state index contributed by atoms with van der Waals surface area (Å²) in [7, 11) is 0. The highest BCUT2D eigenvalue weighted by Gasteiger charge is 2.43. The summed E-state index contributed by atoms with van der Waals surface area (Å²) < 4.78 is 0. The van der Waals surface area contributed by atoms with Gasteiger partial charge in [-0.1, -0.05) is 73.3 Å². The quantitative estimate of drug-likeness (QED) is 0.201. The second-order valence-corrected chi connectivity index (χ2v) is 15.4. The van der Waals surface area contributed by atoms with Gasteiger partial charge in [0.1, 0.15) is 23.8 Å². The van der Waals surface area contributed by atoms with Crippen molar-refractivity contribution in [3.63, 3.8) is 0 Å². The molecule has 0 radical (unpaired) electrons. The Morgan fingerprint density at radius 3 is 2.16 bits per heavy atom. The van der Waals surface area contributed by atoms with E-state index in [1.807, 2.05) is 33.8 Å². The van der Waals surface area contributed by atoms with Crippen molar-refractivity contribution in [1.82, 2.24) is 41.1 Å². The third-order valence-electron chi connectivity index (χ3n) is 9.57. The average molecular weight is 765 g/mol. The summed E-state index contributed by atoms with van der Waals surface area (Å²) in [5.41, 5.74) is 0.495. The Balaban J connectivity index is 0.000000580. The van der Waals surface area contributed by atoms with Crippen LogP contribution in [0.15, 0.2) is 41.7 Å². The number of carbonyl (C=O) groups is 6. The number of carbonyl (C=O) groups excluding carboxylic acids is 6. The molecule has 3 fully saturated rings. The molecule has 3 atom stereocenters. The lowest BCUT2D eigenvalue weighted by Gasteiger charge is -2.37. The van der Waals surface area contributed by atoms with Crippen molar-refractivity contribution in [2.45, 2.75) is 136 Å². The van der Waals surface area contributed by atoms with Gasteiger partial charge in [-0.15, -0.1) is 0 Å². The van der Waals surface area contributed by atoms with Gasteiger partial charge < -0.3 is 31.2 Å². The van der Waals surface area contributed by atoms with Crippen LogP contribution in [-0.2, 0) is 30.4 Å². The minimum atomic E-state index is -0.987. The monoisotopic (exact) mass is 764 g/mol. The van der Waals surface area contributed by atoms with E-state index in [0.29, 0.717) is 19.4 Å². The number of hydrogen-bond acceptors (Lipinski definition) is 9. The summed E-state index contributed by atoms with van der Waals surface area (Å²) in [4.78, 5) is 100. The van der Waals surface area contributed by atoms with Gasteiger partial charge in [-0.25, -0.2) is 4.98 Å². The SMILES string of the molecule is CC(C)(C)[C@H](NC(=O)C(NC(=O)c1cnccn1)C1CCCCC1)C(=O)N1CCCC1C(=O)NCC(=O)C(=O)NC1CC1.CCC.CCc1ccc(=O)[nH]c1. The van der Waals surface area contributed by atoms with E-state index in [2.05, 4.69) is 50.1 Å². The number of pyridine rings is 1. The van der Waals surface area contributed by atoms with Gasteiger partial charge in [0.15, 0.2) is 0 Å². The molecule has 0 bridgehead atoms. The Morgan fingerprint density at radius 1 is 0.909 bits per heavy atom. The Morgan fingerprint density at radius 2 is 1.60 bits per heavy atom. The van der Waals surface area contributed by atoms with E-state index in [1.165, 1.54) is 29.9 Å². The number of aromatic amines is 1. The predicted molar refractivity (Wildman–Crippen MR) is 208 cm³/mol. The number of nitrogens with one attached hydrogen (secondary N) is 5. The van der Waals surface area contributed by atoms with E-state index in [-0.39, 0.29) is 23.2 Å². The molecule has 2 saturated carbocycles. The fourth-order valence-corrected chi connectivity index (χ4v) is 6.37. The van der Waals surface area contributed by atoms with Crippen molar-refractivity contribution < 1.29 is 28.8 Å². The topological polar surface area (TPSA) is 212 Å². The Kier molecular flexibility index (Phi) is 17.6. The second kappa shape index (κ2) is 21.8. The van der Waals surface area contributed by atoms with Gasteiger partial charge >= 0.3 is 0 Å². The van der Waals surface area contributed by atoms with Crippen molar-refractivity contribution in [2.24, 2.45) is 11.3 Å². The standard InChI is InChI=1S/C30H43N7O6.C7H9NO.C3H8/c1-30(2,3)24(29(43)37-15-7-10-21(37)26(40)33-17-22(38)27(41)34-19-11-12-19)36-28(42)23(18-8-5-4-6-9-18)35-25(39)20-16-31-13-14-32-20;1-2-6-3-4-7(9)8-5-6;1-3-2/h13-14,16,18-19,21,23-24H,4-12,15,17H2,1-3H3,(H,33,40)(H,34,41)(H,35,39)(H,36,42);3-5H,2H2,1H3,(H,8,9);3H2,1-2H3/t21?,23?,24-;;/m1../s1. The summed E-state index contributed by atoms with van der Waals surface area (Å²) in [6.07, 6.45) is 15.2. The van der Waals surface area contributed by atoms with E-state index in [4.69, 9.17) is 0 Å². The highest BCUT2D eigenvalue weighted by molar-refractivity contribution is 6.37. The zero-order chi connectivity index (χ0) is 40.5. The van der Waals surface area contributed by atoms with Crippen LogP contribution >= 0.6 is 0 Å². The molecule has 5 rings (SSSR count). The van der Waals surface area contributed by atoms with Crippen LogP contribution in [0.4, 0.5) is 0 Å². The van der Waals surface area contributed by atoms with Crippen LogP contribution in [0.1, 0.15) is 122 Å². The first-order valence-electron chi connectivity index (χ1n) is 19.7. The van der Waals surface area contributed by atoms with E-state index >= 15 is 0 Å². The first-order chi connectivity index (χ1) is 26.2. The third-order valence-corrected chi connectivity index (χ3v) is 9.57. The van der Waals surface area contributed by atoms with Crippen molar-refractivity contribution in [3.05, 3.63) is 58.5 Å². The summed E-state index contributed by atoms with van der Waals surface area (Å²) in [5, 5.41) is 10.9. The lowest BCUT2D eigenvalue weighted by molar-refractivity contribution is -0.144. The molecule has 1 aliphatic heterocycles. The van der Waals surface area contributed by atoms with E-state index in [0.717, 1.165) is 56.9 Å². The molecule has 302 valence electrons. The maximum Gasteiger partial charge on any atom is 0.289 e. The molecule has 5 N–H and O–H groups in total. The van der Waals surface area contributed by atoms with Crippen LogP contribution in [-0.4, -0.2) is 92.4 Å². The molecule has 2 unspecified atom stereocenters. The normalized spacial score (nSPS) is 17.9. The van der Waals surface area contributed by atoms with Gasteiger partial charge in [-0.2, -0.15) is 0 Å². The van der Waals surface area contributed by atoms with Crippen LogP contribution in [0.25, 0.3) is 0 Å². The lowest BCUT2D eigenvalue weighted by Crippen LogP contribution is -2.61. The minimum absolute atomic E-state index is 0.0256. The number of likely N-dealkylation sites (tertiary alicyclic amines) is 1. The zero-order valence-electron chi connectivity index (χ0n) is 33.2. The number of ketones is 1. The molecule has 0 aromatic carbocycles. The van der Waals surface area contributed by atoms with E-state index in [9.17, 15) is 33.6 Å². The van der Waals surface area contributed by atoms with E-state index < -0.39 is 65.4 Å². The third kappa shape index (κ3) is 14.3. The molecule has 15 nitrogen and oxygen atoms in total. The highest BCUT2D eigenvalue weighted by Crippen LogP contribution is 2.29. The van der Waals surface area contributed by atoms with Crippen LogP contribution in [0.2, 0.25) is 0 Å². The number of rotatable bonds is 12. The Hall–Kier alpha value is -4.95. The molecule has 5 amide bonds. The number of hydrogen-bond donors (Lipinski definition) is 5. The summed E-state index contributed by atoms with van der Waals surface area (Å²) in [6, 6.07) is 0.700. The first kappa shape index (κ1) is 44.4. The van der Waals surface area contributed by atoms with Gasteiger partial charge in [0.2, 0.25) is 29.1 Å². The zero-order valence-corrected chi connectivity index (χ0v) is 33.2. The maximum atomic E-state index is 14.0. The summed E-state index contributed by atoms with van der Waals surface area (Å²) in [6.45, 7) is 11.6. The fraction of sp³-hybridized carbons (Fsp3) is 0.625. The predicted octanol–water partition coefficient (Wildman–Crippen LogP) is 2.99. The maximum absolute atomic E-state index is 14.0. The number of nitrogens with zero attached hydrogens (tertiary/aromatic N) is 3. The Bertz CT molecular complexity index is 1630. The number of H-pyrrole nitrogens is 1. The number of aromatic nitrogens is 3. The van der Waals surface area contributed by atoms with Gasteiger partial charge in [-0.05, 0) is 61.8 Å². The summed E-state index contributed by atoms with van der Waals surface area (Å²) >= 11 is 0. The van der Waals surface area contributed by atoms with Gasteiger partial charge in [0, 0.05) is 37.2 Å². The first-order valence-corrected chi connectivity index (χ1v) is 19.7. The van der Waals surface area contributed by atoms with Crippen LogP contribution in [0.5, 0.6) is 0 Å². The number of Topliss-reactive ketones (excluding diaryl/α,β-unsaturated/α-hetero) is 1. The van der Waals surface area contributed by atoms with Crippen LogP contribution in [0.3, 0.4) is 0 Å². The molecule has 55 heavy (non-hydrogen) atoms. The second-order valence-electron chi connectivity index (χ2n) is 15.4. The molecule has 3 aliphatic rings. The minimum Gasteiger partial charge on any atom is -0.347 e. The molecule has 2 aromatic heterocycles. The van der Waals surface area contributed by atoms with Crippen LogP contribution in [0, 0.1) is 11.3 Å². The molecule has 15 heteroatoms. The Labute approximate surface area is 324 Å². The van der Waals surface area contributed by atoms with Crippen molar-refractivity contribution in [3.8, 4) is 0 Å². The molecule has 2 aliphatic carbocycles. The van der Waals surface area contributed by atoms with E-state index in [1.54, 1.807) is 12.3 Å². The largest absolute Gasteiger partial charge is 0.347 e. The lowest BCUT2D eigenvalue weighted by atomic mass is 9.82. The molecular weight excluding hydrogens is 704 g/mol. The molecular formula is C40H60N8O7. The smallest absolute Gasteiger partial charge is 0.289 e. The summed E-state index contributed by atoms with van der Waals surface area (Å²) in [5.74, 6) is -3.50. The molecule has 0 spiro atoms. The molecule has 1 saturated heterocycles.